The van der Waals surface area contributed by atoms with Crippen LogP contribution < -0.4 is 5.32 Å². The zero-order valence-corrected chi connectivity index (χ0v) is 10.8. The van der Waals surface area contributed by atoms with Gasteiger partial charge in [-0.25, -0.2) is 0 Å². The molecule has 0 aliphatic heterocycles. The highest BCUT2D eigenvalue weighted by molar-refractivity contribution is 5.83. The molecule has 1 aromatic heterocycles. The van der Waals surface area contributed by atoms with Crippen molar-refractivity contribution < 1.29 is 4.79 Å². The number of carbonyl (C=O) groups is 1. The number of rotatable bonds is 3. The number of hydrogen-bond acceptors (Lipinski definition) is 1. The molecule has 2 aromatic rings. The summed E-state index contributed by atoms with van der Waals surface area (Å²) in [5.74, 6) is 0.375. The van der Waals surface area contributed by atoms with Gasteiger partial charge < -0.3 is 10.3 Å². The molecule has 0 saturated heterocycles. The van der Waals surface area contributed by atoms with Gasteiger partial charge in [-0.1, -0.05) is 32.0 Å². The third kappa shape index (κ3) is 2.01. The summed E-state index contributed by atoms with van der Waals surface area (Å²) in [4.78, 5) is 15.2. The third-order valence-corrected chi connectivity index (χ3v) is 3.87. The fraction of sp³-hybridized carbons (Fsp3) is 0.400. The topological polar surface area (TPSA) is 44.9 Å². The highest BCUT2D eigenvalue weighted by Crippen LogP contribution is 2.51. The quantitative estimate of drug-likeness (QED) is 0.854. The lowest BCUT2D eigenvalue weighted by Crippen LogP contribution is -2.26. The molecule has 1 heterocycles. The van der Waals surface area contributed by atoms with Gasteiger partial charge in [0, 0.05) is 17.1 Å². The average Bonchev–Trinajstić information content (AvgIpc) is 2.82. The number of benzene rings is 1. The van der Waals surface area contributed by atoms with Crippen molar-refractivity contribution in [2.24, 2.45) is 11.3 Å². The zero-order chi connectivity index (χ0) is 12.8. The van der Waals surface area contributed by atoms with Crippen molar-refractivity contribution in [3.05, 3.63) is 36.0 Å². The average molecular weight is 242 g/mol. The van der Waals surface area contributed by atoms with E-state index in [0.717, 1.165) is 17.6 Å². The van der Waals surface area contributed by atoms with Gasteiger partial charge in [-0.15, -0.1) is 0 Å². The molecule has 0 spiro atoms. The molecule has 1 aliphatic carbocycles. The summed E-state index contributed by atoms with van der Waals surface area (Å²) in [6, 6.07) is 10.2. The Hall–Kier alpha value is -1.77. The van der Waals surface area contributed by atoms with Gasteiger partial charge in [0.25, 0.3) is 0 Å². The summed E-state index contributed by atoms with van der Waals surface area (Å²) in [5.41, 5.74) is 2.38. The minimum Gasteiger partial charge on any atom is -0.357 e. The van der Waals surface area contributed by atoms with E-state index < -0.39 is 0 Å². The van der Waals surface area contributed by atoms with Crippen molar-refractivity contribution in [1.29, 1.82) is 0 Å². The van der Waals surface area contributed by atoms with Crippen LogP contribution in [-0.4, -0.2) is 10.9 Å². The minimum atomic E-state index is 0.179. The lowest BCUT2D eigenvalue weighted by atomic mass is 10.1. The van der Waals surface area contributed by atoms with Crippen molar-refractivity contribution >= 4 is 16.8 Å². The molecule has 1 aliphatic rings. The van der Waals surface area contributed by atoms with Gasteiger partial charge >= 0.3 is 0 Å². The zero-order valence-electron chi connectivity index (χ0n) is 10.8. The Balaban J connectivity index is 1.65. The maximum atomic E-state index is 11.9. The largest absolute Gasteiger partial charge is 0.357 e. The Morgan fingerprint density at radius 3 is 2.83 bits per heavy atom. The summed E-state index contributed by atoms with van der Waals surface area (Å²) in [6.45, 7) is 4.86. The molecule has 3 nitrogen and oxygen atoms in total. The molecule has 94 valence electrons. The second-order valence-electron chi connectivity index (χ2n) is 5.84. The van der Waals surface area contributed by atoms with Gasteiger partial charge in [-0.3, -0.25) is 4.79 Å². The number of aromatic nitrogens is 1. The molecule has 1 saturated carbocycles. The first-order valence-electron chi connectivity index (χ1n) is 6.41. The molecular weight excluding hydrogens is 224 g/mol. The first-order valence-corrected chi connectivity index (χ1v) is 6.41. The van der Waals surface area contributed by atoms with Crippen molar-refractivity contribution in [3.8, 4) is 0 Å². The van der Waals surface area contributed by atoms with E-state index in [9.17, 15) is 4.79 Å². The molecule has 3 heteroatoms. The number of aromatic amines is 1. The molecule has 2 N–H and O–H groups in total. The molecule has 1 unspecified atom stereocenters. The van der Waals surface area contributed by atoms with Crippen LogP contribution in [-0.2, 0) is 11.3 Å². The summed E-state index contributed by atoms with van der Waals surface area (Å²) >= 11 is 0. The third-order valence-electron chi connectivity index (χ3n) is 3.87. The van der Waals surface area contributed by atoms with Gasteiger partial charge in [0.1, 0.15) is 0 Å². The van der Waals surface area contributed by atoms with Crippen LogP contribution in [0.25, 0.3) is 10.9 Å². The van der Waals surface area contributed by atoms with Crippen molar-refractivity contribution in [2.75, 3.05) is 0 Å². The second-order valence-corrected chi connectivity index (χ2v) is 5.84. The van der Waals surface area contributed by atoms with Crippen molar-refractivity contribution in [1.82, 2.24) is 10.3 Å². The first kappa shape index (κ1) is 11.3. The molecule has 0 radical (unpaired) electrons. The SMILES string of the molecule is CC1(C)CC1C(=O)NCc1cc2ccccc2[nH]1. The van der Waals surface area contributed by atoms with Gasteiger partial charge in [-0.05, 0) is 29.4 Å². The van der Waals surface area contributed by atoms with Crippen LogP contribution in [0.5, 0.6) is 0 Å². The van der Waals surface area contributed by atoms with Gasteiger partial charge in [-0.2, -0.15) is 0 Å². The molecule has 1 aromatic carbocycles. The van der Waals surface area contributed by atoms with E-state index in [1.165, 1.54) is 5.39 Å². The van der Waals surface area contributed by atoms with Gasteiger partial charge in [0.15, 0.2) is 0 Å². The van der Waals surface area contributed by atoms with E-state index in [1.807, 2.05) is 18.2 Å². The number of H-pyrrole nitrogens is 1. The molecule has 3 rings (SSSR count). The lowest BCUT2D eigenvalue weighted by molar-refractivity contribution is -0.123. The predicted molar refractivity (Wildman–Crippen MR) is 72.0 cm³/mol. The lowest BCUT2D eigenvalue weighted by Gasteiger charge is -2.05. The van der Waals surface area contributed by atoms with Crippen LogP contribution >= 0.6 is 0 Å². The fourth-order valence-electron chi connectivity index (χ4n) is 2.45. The smallest absolute Gasteiger partial charge is 0.223 e. The first-order chi connectivity index (χ1) is 8.56. The number of fused-ring (bicyclic) bond motifs is 1. The molecule has 1 amide bonds. The van der Waals surface area contributed by atoms with E-state index in [2.05, 4.69) is 36.3 Å². The number of para-hydroxylation sites is 1. The fourth-order valence-corrected chi connectivity index (χ4v) is 2.45. The Morgan fingerprint density at radius 1 is 1.44 bits per heavy atom. The maximum absolute atomic E-state index is 11.9. The highest BCUT2D eigenvalue weighted by Gasteiger charge is 2.50. The van der Waals surface area contributed by atoms with Crippen LogP contribution in [0.3, 0.4) is 0 Å². The van der Waals surface area contributed by atoms with Crippen LogP contribution in [0, 0.1) is 11.3 Å². The number of carbonyl (C=O) groups excluding carboxylic acids is 1. The Kier molecular flexibility index (Phi) is 2.44. The second kappa shape index (κ2) is 3.87. The van der Waals surface area contributed by atoms with E-state index in [0.29, 0.717) is 6.54 Å². The van der Waals surface area contributed by atoms with Crippen LogP contribution in [0.1, 0.15) is 26.0 Å². The number of amides is 1. The monoisotopic (exact) mass is 242 g/mol. The van der Waals surface area contributed by atoms with Crippen molar-refractivity contribution in [2.45, 2.75) is 26.8 Å². The standard InChI is InChI=1S/C15H18N2O/c1-15(2)8-12(15)14(18)16-9-11-7-10-5-3-4-6-13(10)17-11/h3-7,12,17H,8-9H2,1-2H3,(H,16,18). The summed E-state index contributed by atoms with van der Waals surface area (Å²) in [5, 5.41) is 4.20. The Bertz CT molecular complexity index is 564. The van der Waals surface area contributed by atoms with Crippen LogP contribution in [0.15, 0.2) is 30.3 Å². The summed E-state index contributed by atoms with van der Waals surface area (Å²) in [7, 11) is 0. The highest BCUT2D eigenvalue weighted by atomic mass is 16.2. The minimum absolute atomic E-state index is 0.179. The van der Waals surface area contributed by atoms with Crippen LogP contribution in [0.4, 0.5) is 0 Å². The van der Waals surface area contributed by atoms with E-state index >= 15 is 0 Å². The van der Waals surface area contributed by atoms with E-state index in [1.54, 1.807) is 0 Å². The molecule has 1 atom stereocenters. The Labute approximate surface area is 107 Å². The summed E-state index contributed by atoms with van der Waals surface area (Å²) in [6.07, 6.45) is 1.01. The van der Waals surface area contributed by atoms with Crippen molar-refractivity contribution in [3.63, 3.8) is 0 Å². The molecule has 18 heavy (non-hydrogen) atoms. The predicted octanol–water partition coefficient (Wildman–Crippen LogP) is 2.83. The van der Waals surface area contributed by atoms with E-state index in [-0.39, 0.29) is 17.2 Å². The van der Waals surface area contributed by atoms with Crippen LogP contribution in [0.2, 0.25) is 0 Å². The maximum Gasteiger partial charge on any atom is 0.223 e. The molecule has 1 fully saturated rings. The van der Waals surface area contributed by atoms with Gasteiger partial charge in [0.05, 0.1) is 6.54 Å². The number of nitrogens with one attached hydrogen (secondary N) is 2. The molecule has 0 bridgehead atoms. The normalized spacial score (nSPS) is 20.9. The summed E-state index contributed by atoms with van der Waals surface area (Å²) < 4.78 is 0. The van der Waals surface area contributed by atoms with E-state index in [4.69, 9.17) is 0 Å². The number of hydrogen-bond donors (Lipinski definition) is 2. The van der Waals surface area contributed by atoms with Gasteiger partial charge in [0.2, 0.25) is 5.91 Å². The Morgan fingerprint density at radius 2 is 2.17 bits per heavy atom. The molecular formula is C15H18N2O.